The fraction of sp³-hybridized carbons (Fsp3) is 0.500. The Labute approximate surface area is 103 Å². The van der Waals surface area contributed by atoms with Crippen LogP contribution in [-0.2, 0) is 16.0 Å². The minimum absolute atomic E-state index is 0.213. The Kier molecular flexibility index (Phi) is 5.16. The van der Waals surface area contributed by atoms with Crippen molar-refractivity contribution in [2.24, 2.45) is 0 Å². The predicted octanol–water partition coefficient (Wildman–Crippen LogP) is 2.16. The van der Waals surface area contributed by atoms with Crippen molar-refractivity contribution < 1.29 is 9.53 Å². The SMILES string of the molecule is CCCNC(C)(Cc1ccccc1)C(=O)OC. The van der Waals surface area contributed by atoms with Gasteiger partial charge in [-0.1, -0.05) is 37.3 Å². The largest absolute Gasteiger partial charge is 0.468 e. The molecule has 1 atom stereocenters. The van der Waals surface area contributed by atoms with Gasteiger partial charge in [-0.05, 0) is 25.5 Å². The van der Waals surface area contributed by atoms with Crippen molar-refractivity contribution in [1.82, 2.24) is 5.32 Å². The second kappa shape index (κ2) is 6.40. The Hall–Kier alpha value is -1.35. The van der Waals surface area contributed by atoms with Crippen LogP contribution in [-0.4, -0.2) is 25.2 Å². The lowest BCUT2D eigenvalue weighted by Crippen LogP contribution is -2.52. The van der Waals surface area contributed by atoms with Gasteiger partial charge in [-0.25, -0.2) is 0 Å². The predicted molar refractivity (Wildman–Crippen MR) is 68.9 cm³/mol. The van der Waals surface area contributed by atoms with Crippen molar-refractivity contribution in [2.75, 3.05) is 13.7 Å². The summed E-state index contributed by atoms with van der Waals surface area (Å²) in [7, 11) is 1.43. The molecule has 1 aromatic rings. The smallest absolute Gasteiger partial charge is 0.326 e. The van der Waals surface area contributed by atoms with Crippen molar-refractivity contribution in [3.8, 4) is 0 Å². The molecule has 0 aliphatic heterocycles. The molecule has 3 nitrogen and oxygen atoms in total. The summed E-state index contributed by atoms with van der Waals surface area (Å²) in [6, 6.07) is 9.97. The molecule has 0 fully saturated rings. The maximum atomic E-state index is 11.9. The fourth-order valence-corrected chi connectivity index (χ4v) is 1.84. The standard InChI is InChI=1S/C14H21NO2/c1-4-10-15-14(2,13(16)17-3)11-12-8-6-5-7-9-12/h5-9,15H,4,10-11H2,1-3H3. The van der Waals surface area contributed by atoms with Gasteiger partial charge in [-0.15, -0.1) is 0 Å². The number of ether oxygens (including phenoxy) is 1. The monoisotopic (exact) mass is 235 g/mol. The van der Waals surface area contributed by atoms with E-state index < -0.39 is 5.54 Å². The Balaban J connectivity index is 2.80. The van der Waals surface area contributed by atoms with Crippen molar-refractivity contribution in [3.05, 3.63) is 35.9 Å². The van der Waals surface area contributed by atoms with E-state index in [0.717, 1.165) is 18.5 Å². The third-order valence-corrected chi connectivity index (χ3v) is 2.80. The molecule has 0 aliphatic rings. The number of methoxy groups -OCH3 is 1. The first-order valence-corrected chi connectivity index (χ1v) is 5.99. The Morgan fingerprint density at radius 1 is 1.35 bits per heavy atom. The van der Waals surface area contributed by atoms with Gasteiger partial charge in [0.25, 0.3) is 0 Å². The van der Waals surface area contributed by atoms with Crippen LogP contribution in [0, 0.1) is 0 Å². The summed E-state index contributed by atoms with van der Waals surface area (Å²) < 4.78 is 4.88. The van der Waals surface area contributed by atoms with Gasteiger partial charge in [-0.2, -0.15) is 0 Å². The topological polar surface area (TPSA) is 38.3 Å². The first kappa shape index (κ1) is 13.7. The molecule has 0 radical (unpaired) electrons. The molecule has 0 saturated carbocycles. The summed E-state index contributed by atoms with van der Waals surface area (Å²) >= 11 is 0. The first-order valence-electron chi connectivity index (χ1n) is 5.99. The normalized spacial score (nSPS) is 14.1. The number of carbonyl (C=O) groups excluding carboxylic acids is 1. The molecule has 0 heterocycles. The maximum absolute atomic E-state index is 11.9. The minimum atomic E-state index is -0.647. The van der Waals surface area contributed by atoms with Gasteiger partial charge in [0.05, 0.1) is 7.11 Å². The number of hydrogen-bond acceptors (Lipinski definition) is 3. The second-order valence-corrected chi connectivity index (χ2v) is 4.41. The van der Waals surface area contributed by atoms with Crippen LogP contribution in [0.2, 0.25) is 0 Å². The highest BCUT2D eigenvalue weighted by atomic mass is 16.5. The summed E-state index contributed by atoms with van der Waals surface area (Å²) in [4.78, 5) is 11.9. The van der Waals surface area contributed by atoms with Gasteiger partial charge in [0, 0.05) is 6.42 Å². The van der Waals surface area contributed by atoms with Crippen molar-refractivity contribution in [3.63, 3.8) is 0 Å². The fourth-order valence-electron chi connectivity index (χ4n) is 1.84. The molecule has 1 aromatic carbocycles. The molecular weight excluding hydrogens is 214 g/mol. The molecule has 1 N–H and O–H groups in total. The van der Waals surface area contributed by atoms with Crippen molar-refractivity contribution >= 4 is 5.97 Å². The lowest BCUT2D eigenvalue weighted by molar-refractivity contribution is -0.147. The van der Waals surface area contributed by atoms with Crippen LogP contribution in [0.3, 0.4) is 0 Å². The molecule has 0 aliphatic carbocycles. The van der Waals surface area contributed by atoms with Crippen LogP contribution < -0.4 is 5.32 Å². The lowest BCUT2D eigenvalue weighted by Gasteiger charge is -2.28. The Bertz CT molecular complexity index is 350. The van der Waals surface area contributed by atoms with E-state index in [0.29, 0.717) is 6.42 Å². The Morgan fingerprint density at radius 2 is 2.00 bits per heavy atom. The van der Waals surface area contributed by atoms with Crippen molar-refractivity contribution in [2.45, 2.75) is 32.2 Å². The molecule has 94 valence electrons. The van der Waals surface area contributed by atoms with Crippen LogP contribution >= 0.6 is 0 Å². The summed E-state index contributed by atoms with van der Waals surface area (Å²) in [5.74, 6) is -0.213. The number of rotatable bonds is 6. The zero-order valence-electron chi connectivity index (χ0n) is 10.8. The third kappa shape index (κ3) is 3.86. The number of hydrogen-bond donors (Lipinski definition) is 1. The van der Waals surface area contributed by atoms with Crippen LogP contribution in [0.1, 0.15) is 25.8 Å². The van der Waals surface area contributed by atoms with E-state index in [-0.39, 0.29) is 5.97 Å². The molecule has 0 bridgehead atoms. The third-order valence-electron chi connectivity index (χ3n) is 2.80. The van der Waals surface area contributed by atoms with Crippen LogP contribution in [0.5, 0.6) is 0 Å². The molecule has 17 heavy (non-hydrogen) atoms. The molecule has 0 amide bonds. The van der Waals surface area contributed by atoms with Crippen molar-refractivity contribution in [1.29, 1.82) is 0 Å². The van der Waals surface area contributed by atoms with E-state index in [4.69, 9.17) is 4.74 Å². The quantitative estimate of drug-likeness (QED) is 0.768. The van der Waals surface area contributed by atoms with E-state index >= 15 is 0 Å². The zero-order valence-corrected chi connectivity index (χ0v) is 10.8. The van der Waals surface area contributed by atoms with E-state index in [9.17, 15) is 4.79 Å². The summed E-state index contributed by atoms with van der Waals surface area (Å²) in [5.41, 5.74) is 0.482. The molecule has 0 spiro atoms. The van der Waals surface area contributed by atoms with Gasteiger partial charge in [0.1, 0.15) is 5.54 Å². The maximum Gasteiger partial charge on any atom is 0.326 e. The number of benzene rings is 1. The zero-order chi connectivity index (χ0) is 12.7. The number of carbonyl (C=O) groups is 1. The molecular formula is C14H21NO2. The average molecular weight is 235 g/mol. The highest BCUT2D eigenvalue weighted by Crippen LogP contribution is 2.15. The summed E-state index contributed by atoms with van der Waals surface area (Å²) in [6.07, 6.45) is 1.63. The minimum Gasteiger partial charge on any atom is -0.468 e. The molecule has 3 heteroatoms. The molecule has 0 aromatic heterocycles. The average Bonchev–Trinajstić information content (AvgIpc) is 2.36. The lowest BCUT2D eigenvalue weighted by atomic mass is 9.92. The van der Waals surface area contributed by atoms with Gasteiger partial charge in [0.2, 0.25) is 0 Å². The Morgan fingerprint density at radius 3 is 2.53 bits per heavy atom. The molecule has 1 unspecified atom stereocenters. The summed E-state index contributed by atoms with van der Waals surface area (Å²) in [5, 5.41) is 3.27. The number of esters is 1. The highest BCUT2D eigenvalue weighted by molar-refractivity contribution is 5.80. The van der Waals surface area contributed by atoms with Crippen LogP contribution in [0.15, 0.2) is 30.3 Å². The first-order chi connectivity index (χ1) is 8.12. The highest BCUT2D eigenvalue weighted by Gasteiger charge is 2.33. The van der Waals surface area contributed by atoms with E-state index in [1.807, 2.05) is 37.3 Å². The van der Waals surface area contributed by atoms with E-state index in [1.165, 1.54) is 7.11 Å². The van der Waals surface area contributed by atoms with Gasteiger partial charge in [0.15, 0.2) is 0 Å². The van der Waals surface area contributed by atoms with Gasteiger partial charge in [-0.3, -0.25) is 4.79 Å². The van der Waals surface area contributed by atoms with E-state index in [1.54, 1.807) is 0 Å². The van der Waals surface area contributed by atoms with Crippen LogP contribution in [0.4, 0.5) is 0 Å². The molecule has 1 rings (SSSR count). The second-order valence-electron chi connectivity index (χ2n) is 4.41. The van der Waals surface area contributed by atoms with Gasteiger partial charge >= 0.3 is 5.97 Å². The number of nitrogens with one attached hydrogen (secondary N) is 1. The van der Waals surface area contributed by atoms with Crippen LogP contribution in [0.25, 0.3) is 0 Å². The summed E-state index contributed by atoms with van der Waals surface area (Å²) in [6.45, 7) is 4.77. The van der Waals surface area contributed by atoms with Gasteiger partial charge < -0.3 is 10.1 Å². The molecule has 0 saturated heterocycles. The van der Waals surface area contributed by atoms with E-state index in [2.05, 4.69) is 12.2 Å².